The van der Waals surface area contributed by atoms with Crippen LogP contribution >= 0.6 is 0 Å². The lowest BCUT2D eigenvalue weighted by molar-refractivity contribution is -0.401. The molecule has 0 atom stereocenters. The third-order valence-electron chi connectivity index (χ3n) is 9.45. The lowest BCUT2D eigenvalue weighted by Crippen LogP contribution is -2.27. The summed E-state index contributed by atoms with van der Waals surface area (Å²) in [6.07, 6.45) is 11.4. The second-order valence-electron chi connectivity index (χ2n) is 13.6. The number of fused-ring (bicyclic) bond motifs is 2. The van der Waals surface area contributed by atoms with Gasteiger partial charge in [-0.25, -0.2) is 4.79 Å². The Morgan fingerprint density at radius 2 is 1.41 bits per heavy atom. The van der Waals surface area contributed by atoms with Gasteiger partial charge in [-0.3, -0.25) is 9.11 Å². The molecule has 2 aromatic carbocycles. The molecule has 272 valence electrons. The number of hydrogen-bond acceptors (Lipinski definition) is 9. The summed E-state index contributed by atoms with van der Waals surface area (Å²) in [5.41, 5.74) is 3.76. The fourth-order valence-electron chi connectivity index (χ4n) is 6.75. The van der Waals surface area contributed by atoms with Gasteiger partial charge in [-0.1, -0.05) is 38.5 Å². The summed E-state index contributed by atoms with van der Waals surface area (Å²) in [4.78, 5) is 19.0. The number of rotatable bonds is 12. The molecule has 0 amide bonds. The van der Waals surface area contributed by atoms with Gasteiger partial charge in [-0.15, -0.1) is 4.73 Å². The van der Waals surface area contributed by atoms with Crippen molar-refractivity contribution in [3.63, 3.8) is 0 Å². The van der Waals surface area contributed by atoms with Gasteiger partial charge in [-0.2, -0.15) is 21.4 Å². The Hall–Kier alpha value is -4.70. The third-order valence-corrected chi connectivity index (χ3v) is 11.1. The molecule has 3 aromatic rings. The van der Waals surface area contributed by atoms with Gasteiger partial charge >= 0.3 is 5.97 Å². The number of allylic oxidation sites excluding steroid dienone is 6. The maximum atomic E-state index is 12.3. The minimum Gasteiger partial charge on any atom is -0.492 e. The number of benzene rings is 2. The van der Waals surface area contributed by atoms with Gasteiger partial charge in [0.15, 0.2) is 5.71 Å². The first-order chi connectivity index (χ1) is 23.7. The minimum absolute atomic E-state index is 0.0619. The van der Waals surface area contributed by atoms with E-state index in [-0.39, 0.29) is 16.2 Å². The Balaban J connectivity index is 1.33. The minimum atomic E-state index is -4.43. The van der Waals surface area contributed by atoms with Crippen molar-refractivity contribution >= 4 is 43.3 Å². The fourth-order valence-corrected chi connectivity index (χ4v) is 7.76. The molecular formula is C36H42N3O10S2+. The molecule has 1 aromatic heterocycles. The summed E-state index contributed by atoms with van der Waals surface area (Å²) in [5, 5.41) is 19.4. The van der Waals surface area contributed by atoms with E-state index >= 15 is 0 Å². The number of hydrogen-bond donors (Lipinski definition) is 4. The molecule has 13 nitrogen and oxygen atoms in total. The van der Waals surface area contributed by atoms with Crippen LogP contribution in [0.3, 0.4) is 0 Å². The Morgan fingerprint density at radius 1 is 0.804 bits per heavy atom. The highest BCUT2D eigenvalue weighted by Gasteiger charge is 2.44. The first-order valence-corrected chi connectivity index (χ1v) is 19.1. The highest BCUT2D eigenvalue weighted by Crippen LogP contribution is 2.48. The zero-order valence-electron chi connectivity index (χ0n) is 28.9. The normalized spacial score (nSPS) is 17.5. The van der Waals surface area contributed by atoms with Gasteiger partial charge in [-0.05, 0) is 68.7 Å². The molecule has 2 aliphatic heterocycles. The van der Waals surface area contributed by atoms with Crippen LogP contribution in [0.1, 0.15) is 64.5 Å². The molecule has 3 heterocycles. The average Bonchev–Trinajstić information content (AvgIpc) is 3.54. The number of carbonyl (C=O) groups excluding carboxylic acids is 1. The predicted octanol–water partition coefficient (Wildman–Crippen LogP) is 5.41. The molecule has 0 saturated heterocycles. The molecule has 0 fully saturated rings. The van der Waals surface area contributed by atoms with Crippen molar-refractivity contribution in [2.75, 3.05) is 18.5 Å². The van der Waals surface area contributed by atoms with Crippen LogP contribution in [-0.2, 0) is 35.9 Å². The third kappa shape index (κ3) is 7.52. The molecule has 2 aliphatic rings. The summed E-state index contributed by atoms with van der Waals surface area (Å²) in [6, 6.07) is 11.5. The first-order valence-electron chi connectivity index (χ1n) is 16.2. The number of anilines is 1. The highest BCUT2D eigenvalue weighted by molar-refractivity contribution is 7.86. The maximum Gasteiger partial charge on any atom is 0.333 e. The molecule has 0 aliphatic carbocycles. The highest BCUT2D eigenvalue weighted by atomic mass is 32.2. The topological polar surface area (TPSA) is 187 Å². The van der Waals surface area contributed by atoms with Crippen molar-refractivity contribution in [3.05, 3.63) is 95.7 Å². The lowest BCUT2D eigenvalue weighted by Gasteiger charge is -2.27. The fraction of sp³-hybridized carbons (Fsp3) is 0.333. The van der Waals surface area contributed by atoms with Crippen molar-refractivity contribution in [2.45, 2.75) is 74.0 Å². The van der Waals surface area contributed by atoms with E-state index < -0.39 is 48.8 Å². The predicted molar refractivity (Wildman–Crippen MR) is 191 cm³/mol. The van der Waals surface area contributed by atoms with Crippen LogP contribution in [-0.4, -0.2) is 70.7 Å². The molecule has 0 radical (unpaired) electrons. The zero-order chi connectivity index (χ0) is 37.5. The lowest BCUT2D eigenvalue weighted by atomic mass is 9.81. The monoisotopic (exact) mass is 740 g/mol. The standard InChI is InChI=1S/C36H41N3O10S2/c1-35(2)26-22-24(50(43,44)45)15-17-28(26)37(5)30(35)12-8-6-9-13-31-36(3,4)27-23-25(51(46,47)48)16-18-29(27)38(31)21-11-7-10-14-34(42)49-39-32(40)19-20-33(39)41/h6,8-9,12-13,15-20,22-23H,7,10-11,14,21H2,1-5H3,(H3-,40,41,43,44,45,46,47,48)/p+1. The summed E-state index contributed by atoms with van der Waals surface area (Å²) in [6.45, 7) is 8.45. The SMILES string of the molecule is C[N+]1=C(C=CC=CC=C2N(CCCCCC(=O)On3c(O)ccc3O)c3ccc(S(=O)(=O)O)cc3C2(C)C)C(C)(C)c2cc(S(=O)(=O)O)ccc21. The number of nitrogens with zero attached hydrogens (tertiary/aromatic N) is 3. The maximum absolute atomic E-state index is 12.3. The molecule has 0 unspecified atom stereocenters. The van der Waals surface area contributed by atoms with E-state index in [9.17, 15) is 40.9 Å². The zero-order valence-corrected chi connectivity index (χ0v) is 30.6. The smallest absolute Gasteiger partial charge is 0.333 e. The van der Waals surface area contributed by atoms with E-state index in [1.807, 2.05) is 69.7 Å². The molecule has 15 heteroatoms. The number of aromatic hydroxyl groups is 2. The van der Waals surface area contributed by atoms with Crippen molar-refractivity contribution in [1.29, 1.82) is 0 Å². The second-order valence-corrected chi connectivity index (χ2v) is 16.4. The molecule has 0 saturated carbocycles. The average molecular weight is 741 g/mol. The summed E-state index contributed by atoms with van der Waals surface area (Å²) in [7, 11) is -6.89. The van der Waals surface area contributed by atoms with Gasteiger partial charge < -0.3 is 20.0 Å². The van der Waals surface area contributed by atoms with Crippen LogP contribution in [0.5, 0.6) is 11.8 Å². The Kier molecular flexibility index (Phi) is 10.2. The molecule has 0 bridgehead atoms. The molecular weight excluding hydrogens is 699 g/mol. The van der Waals surface area contributed by atoms with E-state index in [2.05, 4.69) is 4.90 Å². The quantitative estimate of drug-likeness (QED) is 0.0805. The Labute approximate surface area is 297 Å². The van der Waals surface area contributed by atoms with E-state index in [4.69, 9.17) is 4.84 Å². The molecule has 51 heavy (non-hydrogen) atoms. The van der Waals surface area contributed by atoms with Crippen LogP contribution in [0, 0.1) is 0 Å². The second kappa shape index (κ2) is 13.8. The first kappa shape index (κ1) is 37.6. The van der Waals surface area contributed by atoms with Crippen molar-refractivity contribution < 1.29 is 50.4 Å². The summed E-state index contributed by atoms with van der Waals surface area (Å²) < 4.78 is 69.5. The van der Waals surface area contributed by atoms with Crippen LogP contribution in [0.4, 0.5) is 11.4 Å². The van der Waals surface area contributed by atoms with Gasteiger partial charge in [0, 0.05) is 59.6 Å². The van der Waals surface area contributed by atoms with E-state index in [1.165, 1.54) is 36.4 Å². The molecule has 4 N–H and O–H groups in total. The number of unbranched alkanes of at least 4 members (excludes halogenated alkanes) is 2. The Morgan fingerprint density at radius 3 is 2.04 bits per heavy atom. The van der Waals surface area contributed by atoms with Crippen LogP contribution in [0.25, 0.3) is 0 Å². The van der Waals surface area contributed by atoms with Crippen molar-refractivity contribution in [1.82, 2.24) is 4.73 Å². The summed E-state index contributed by atoms with van der Waals surface area (Å²) in [5.74, 6) is -1.40. The molecule has 5 rings (SSSR count). The van der Waals surface area contributed by atoms with Gasteiger partial charge in [0.1, 0.15) is 7.05 Å². The summed E-state index contributed by atoms with van der Waals surface area (Å²) >= 11 is 0. The number of aromatic nitrogens is 1. The van der Waals surface area contributed by atoms with E-state index in [0.29, 0.717) is 30.5 Å². The van der Waals surface area contributed by atoms with Crippen LogP contribution < -0.4 is 9.74 Å². The van der Waals surface area contributed by atoms with Crippen molar-refractivity contribution in [3.8, 4) is 11.8 Å². The van der Waals surface area contributed by atoms with E-state index in [0.717, 1.165) is 33.9 Å². The van der Waals surface area contributed by atoms with Gasteiger partial charge in [0.2, 0.25) is 17.4 Å². The van der Waals surface area contributed by atoms with Crippen LogP contribution in [0.15, 0.2) is 94.4 Å². The van der Waals surface area contributed by atoms with Crippen molar-refractivity contribution in [2.24, 2.45) is 0 Å². The van der Waals surface area contributed by atoms with Gasteiger partial charge in [0.05, 0.1) is 15.2 Å². The van der Waals surface area contributed by atoms with E-state index in [1.54, 1.807) is 12.1 Å². The number of carbonyl (C=O) groups is 1. The Bertz CT molecular complexity index is 2210. The largest absolute Gasteiger partial charge is 0.492 e. The molecule has 0 spiro atoms. The van der Waals surface area contributed by atoms with Crippen LogP contribution in [0.2, 0.25) is 0 Å². The van der Waals surface area contributed by atoms with Gasteiger partial charge in [0.25, 0.3) is 20.2 Å².